The Balaban J connectivity index is 1.13. The van der Waals surface area contributed by atoms with E-state index in [1.807, 2.05) is 60.9 Å². The van der Waals surface area contributed by atoms with Crippen LogP contribution in [0.4, 0.5) is 34.1 Å². The second-order valence-corrected chi connectivity index (χ2v) is 15.6. The van der Waals surface area contributed by atoms with Gasteiger partial charge in [-0.1, -0.05) is 96.3 Å². The summed E-state index contributed by atoms with van der Waals surface area (Å²) >= 11 is 3.27. The highest BCUT2D eigenvalue weighted by atomic mass is 32.2. The number of anilines is 6. The molecule has 282 valence electrons. The van der Waals surface area contributed by atoms with Crippen LogP contribution in [0, 0.1) is 0 Å². The SMILES string of the molecule is c1ccc(N(c2cccc(Sc3ccccn3)c2)c2ccc3c4ccc(N(c5ccccc5)c5cccc(Sc6ccccn6)c5)cc4n(-c4nncnn4)c3c2)cc1. The summed E-state index contributed by atoms with van der Waals surface area (Å²) in [6, 6.07) is 63.0. The average molecular weight is 800 g/mol. The molecule has 0 atom stereocenters. The number of hydrogen-bond donors (Lipinski definition) is 0. The standard InChI is InChI=1S/C48H33N9S2/c1-3-13-34(14-4-1)55(36-17-11-19-40(29-36)58-46-21-7-9-27-49-46)38-23-25-42-43-26-24-39(32-45(43)57(44(42)31-38)48-53-51-33-52-54-48)56(35-15-5-2-6-16-35)37-18-12-20-41(30-37)59-47-22-8-10-28-50-47/h1-33H. The van der Waals surface area contributed by atoms with Crippen LogP contribution in [0.5, 0.6) is 0 Å². The smallest absolute Gasteiger partial charge is 0.273 e. The van der Waals surface area contributed by atoms with Crippen LogP contribution >= 0.6 is 23.5 Å². The van der Waals surface area contributed by atoms with Crippen LogP contribution in [0.3, 0.4) is 0 Å². The van der Waals surface area contributed by atoms with Crippen LogP contribution in [-0.4, -0.2) is 34.9 Å². The zero-order chi connectivity index (χ0) is 39.4. The first-order valence-corrected chi connectivity index (χ1v) is 20.6. The van der Waals surface area contributed by atoms with Crippen molar-refractivity contribution in [2.75, 3.05) is 9.80 Å². The molecular weight excluding hydrogens is 767 g/mol. The summed E-state index contributed by atoms with van der Waals surface area (Å²) < 4.78 is 2.06. The third-order valence-electron chi connectivity index (χ3n) is 9.75. The van der Waals surface area contributed by atoms with E-state index in [-0.39, 0.29) is 0 Å². The lowest BCUT2D eigenvalue weighted by atomic mass is 10.1. The van der Waals surface area contributed by atoms with Gasteiger partial charge in [-0.2, -0.15) is 0 Å². The topological polar surface area (TPSA) is 88.8 Å². The lowest BCUT2D eigenvalue weighted by Gasteiger charge is -2.26. The third-order valence-corrected chi connectivity index (χ3v) is 11.6. The van der Waals surface area contributed by atoms with E-state index in [0.717, 1.165) is 75.8 Å². The van der Waals surface area contributed by atoms with E-state index >= 15 is 0 Å². The quantitative estimate of drug-likeness (QED) is 0.126. The van der Waals surface area contributed by atoms with Crippen LogP contribution in [-0.2, 0) is 0 Å². The number of nitrogens with zero attached hydrogens (tertiary/aromatic N) is 9. The molecule has 0 bridgehead atoms. The first-order valence-electron chi connectivity index (χ1n) is 18.9. The minimum absolute atomic E-state index is 0.377. The molecule has 6 aromatic carbocycles. The van der Waals surface area contributed by atoms with Gasteiger partial charge in [0.15, 0.2) is 6.33 Å². The van der Waals surface area contributed by atoms with Crippen LogP contribution in [0.2, 0.25) is 0 Å². The number of para-hydroxylation sites is 2. The zero-order valence-corrected chi connectivity index (χ0v) is 33.0. The predicted molar refractivity (Wildman–Crippen MR) is 238 cm³/mol. The molecule has 0 saturated heterocycles. The van der Waals surface area contributed by atoms with E-state index in [0.29, 0.717) is 5.95 Å². The van der Waals surface area contributed by atoms with Crippen molar-refractivity contribution in [3.8, 4) is 5.95 Å². The molecule has 0 spiro atoms. The van der Waals surface area contributed by atoms with E-state index in [1.165, 1.54) is 6.33 Å². The van der Waals surface area contributed by atoms with E-state index in [4.69, 9.17) is 0 Å². The summed E-state index contributed by atoms with van der Waals surface area (Å²) in [5, 5.41) is 21.3. The van der Waals surface area contributed by atoms with Crippen LogP contribution in [0.1, 0.15) is 0 Å². The molecule has 11 heteroatoms. The molecule has 59 heavy (non-hydrogen) atoms. The van der Waals surface area contributed by atoms with E-state index < -0.39 is 0 Å². The first-order chi connectivity index (χ1) is 29.2. The summed E-state index contributed by atoms with van der Waals surface area (Å²) in [4.78, 5) is 15.8. The molecule has 9 nitrogen and oxygen atoms in total. The molecular formula is C48H33N9S2. The van der Waals surface area contributed by atoms with E-state index in [9.17, 15) is 0 Å². The summed E-state index contributed by atoms with van der Waals surface area (Å²) in [7, 11) is 0. The molecule has 10 rings (SSSR count). The van der Waals surface area contributed by atoms with Gasteiger partial charge in [0, 0.05) is 67.1 Å². The fourth-order valence-electron chi connectivity index (χ4n) is 7.25. The summed E-state index contributed by atoms with van der Waals surface area (Å²) in [5.74, 6) is 0.377. The molecule has 10 aromatic rings. The van der Waals surface area contributed by atoms with Gasteiger partial charge in [0.25, 0.3) is 5.95 Å². The molecule has 0 saturated carbocycles. The number of fused-ring (bicyclic) bond motifs is 3. The van der Waals surface area contributed by atoms with Gasteiger partial charge >= 0.3 is 0 Å². The molecule has 0 radical (unpaired) electrons. The minimum Gasteiger partial charge on any atom is -0.310 e. The maximum atomic E-state index is 4.55. The van der Waals surface area contributed by atoms with Crippen molar-refractivity contribution < 1.29 is 0 Å². The molecule has 0 aliphatic carbocycles. The summed E-state index contributed by atoms with van der Waals surface area (Å²) in [6.07, 6.45) is 5.00. The van der Waals surface area contributed by atoms with Crippen molar-refractivity contribution in [3.05, 3.63) is 201 Å². The van der Waals surface area contributed by atoms with Gasteiger partial charge in [-0.25, -0.2) is 9.97 Å². The van der Waals surface area contributed by atoms with Crippen molar-refractivity contribution in [3.63, 3.8) is 0 Å². The highest BCUT2D eigenvalue weighted by Gasteiger charge is 2.21. The number of pyridine rings is 2. The van der Waals surface area contributed by atoms with Gasteiger partial charge in [-0.05, 0) is 109 Å². The van der Waals surface area contributed by atoms with Gasteiger partial charge in [0.05, 0.1) is 11.0 Å². The van der Waals surface area contributed by atoms with Crippen molar-refractivity contribution >= 4 is 79.5 Å². The van der Waals surface area contributed by atoms with Crippen molar-refractivity contribution in [1.82, 2.24) is 34.9 Å². The summed E-state index contributed by atoms with van der Waals surface area (Å²) in [6.45, 7) is 0. The normalized spacial score (nSPS) is 11.2. The Kier molecular flexibility index (Phi) is 9.93. The Morgan fingerprint density at radius 3 is 1.29 bits per heavy atom. The van der Waals surface area contributed by atoms with Crippen molar-refractivity contribution in [2.45, 2.75) is 19.8 Å². The van der Waals surface area contributed by atoms with Gasteiger partial charge in [0.1, 0.15) is 10.1 Å². The second-order valence-electron chi connectivity index (χ2n) is 13.5. The van der Waals surface area contributed by atoms with Crippen LogP contribution in [0.15, 0.2) is 221 Å². The first kappa shape index (κ1) is 36.0. The average Bonchev–Trinajstić information content (AvgIpc) is 3.61. The second kappa shape index (κ2) is 16.3. The van der Waals surface area contributed by atoms with Gasteiger partial charge in [-0.15, -0.1) is 20.4 Å². The van der Waals surface area contributed by atoms with Gasteiger partial charge < -0.3 is 9.80 Å². The number of rotatable bonds is 11. The Labute approximate surface area is 349 Å². The Morgan fingerprint density at radius 2 is 0.831 bits per heavy atom. The Morgan fingerprint density at radius 1 is 0.390 bits per heavy atom. The van der Waals surface area contributed by atoms with Gasteiger partial charge in [-0.3, -0.25) is 4.57 Å². The molecule has 4 aromatic heterocycles. The molecule has 0 unspecified atom stereocenters. The zero-order valence-electron chi connectivity index (χ0n) is 31.4. The lowest BCUT2D eigenvalue weighted by Crippen LogP contribution is -2.11. The largest absolute Gasteiger partial charge is 0.310 e. The lowest BCUT2D eigenvalue weighted by molar-refractivity contribution is 0.801. The number of aromatic nitrogens is 7. The maximum Gasteiger partial charge on any atom is 0.273 e. The fourth-order valence-corrected chi connectivity index (χ4v) is 8.91. The molecule has 0 amide bonds. The number of hydrogen-bond acceptors (Lipinski definition) is 10. The predicted octanol–water partition coefficient (Wildman–Crippen LogP) is 12.4. The summed E-state index contributed by atoms with van der Waals surface area (Å²) in [5.41, 5.74) is 7.87. The molecule has 0 N–H and O–H groups in total. The monoisotopic (exact) mass is 799 g/mol. The number of benzene rings is 6. The Bertz CT molecular complexity index is 2820. The van der Waals surface area contributed by atoms with Crippen molar-refractivity contribution in [1.29, 1.82) is 0 Å². The molecule has 0 fully saturated rings. The van der Waals surface area contributed by atoms with E-state index in [1.54, 1.807) is 23.5 Å². The highest BCUT2D eigenvalue weighted by Crippen LogP contribution is 2.43. The highest BCUT2D eigenvalue weighted by molar-refractivity contribution is 7.99. The van der Waals surface area contributed by atoms with Gasteiger partial charge in [0.2, 0.25) is 0 Å². The minimum atomic E-state index is 0.377. The molecule has 0 aliphatic rings. The van der Waals surface area contributed by atoms with Crippen molar-refractivity contribution in [2.24, 2.45) is 0 Å². The third kappa shape index (κ3) is 7.48. The van der Waals surface area contributed by atoms with Crippen LogP contribution in [0.25, 0.3) is 27.8 Å². The Hall–Kier alpha value is -7.34. The van der Waals surface area contributed by atoms with E-state index in [2.05, 4.69) is 178 Å². The fraction of sp³-hybridized carbons (Fsp3) is 0. The molecule has 4 heterocycles. The maximum absolute atomic E-state index is 4.55. The molecule has 0 aliphatic heterocycles. The van der Waals surface area contributed by atoms with Crippen LogP contribution < -0.4 is 9.80 Å².